The molecule has 0 unspecified atom stereocenters. The average molecular weight is 500 g/mol. The molecular weight excluding hydrogens is 482 g/mol. The molecule has 4 rings (SSSR count). The van der Waals surface area contributed by atoms with Gasteiger partial charge in [0.2, 0.25) is 5.28 Å². The van der Waals surface area contributed by atoms with Crippen molar-refractivity contribution in [3.8, 4) is 11.3 Å². The summed E-state index contributed by atoms with van der Waals surface area (Å²) in [6, 6.07) is 1.01. The van der Waals surface area contributed by atoms with Crippen LogP contribution in [0.5, 0.6) is 0 Å². The van der Waals surface area contributed by atoms with Crippen molar-refractivity contribution in [3.05, 3.63) is 38.8 Å². The highest BCUT2D eigenvalue weighted by Crippen LogP contribution is 2.36. The zero-order valence-electron chi connectivity index (χ0n) is 16.2. The number of fused-ring (bicyclic) bond motifs is 2. The Morgan fingerprint density at radius 1 is 1.37 bits per heavy atom. The predicted molar refractivity (Wildman–Crippen MR) is 112 cm³/mol. The number of amides is 1. The fourth-order valence-corrected chi connectivity index (χ4v) is 3.97. The second-order valence-corrected chi connectivity index (χ2v) is 8.41. The summed E-state index contributed by atoms with van der Waals surface area (Å²) in [6.07, 6.45) is 0.820. The van der Waals surface area contributed by atoms with E-state index >= 15 is 0 Å². The predicted octanol–water partition coefficient (Wildman–Crippen LogP) is 3.82. The Kier molecular flexibility index (Phi) is 5.73. The van der Waals surface area contributed by atoms with Crippen molar-refractivity contribution >= 4 is 44.3 Å². The topological polar surface area (TPSA) is 84.7 Å². The minimum atomic E-state index is -0.889. The molecule has 11 heteroatoms. The van der Waals surface area contributed by atoms with Crippen LogP contribution in [0, 0.1) is 11.6 Å². The first-order valence-electron chi connectivity index (χ1n) is 9.40. The Hall–Kier alpha value is -2.17. The van der Waals surface area contributed by atoms with Crippen molar-refractivity contribution in [2.75, 3.05) is 6.54 Å². The number of nitrogens with one attached hydrogen (secondary N) is 2. The summed E-state index contributed by atoms with van der Waals surface area (Å²) in [5, 5.41) is 10.5. The molecule has 0 fully saturated rings. The lowest BCUT2D eigenvalue weighted by atomic mass is 10.0. The molecule has 3 aromatic rings. The fourth-order valence-electron chi connectivity index (χ4n) is 3.50. The van der Waals surface area contributed by atoms with E-state index in [0.717, 1.165) is 19.0 Å². The van der Waals surface area contributed by atoms with Crippen LogP contribution in [0.3, 0.4) is 0 Å². The maximum absolute atomic E-state index is 14.7. The van der Waals surface area contributed by atoms with E-state index in [1.165, 1.54) is 0 Å². The lowest BCUT2D eigenvalue weighted by Crippen LogP contribution is -2.31. The summed E-state index contributed by atoms with van der Waals surface area (Å²) in [5.74, 6) is -2.10. The second kappa shape index (κ2) is 8.16. The molecule has 0 aliphatic carbocycles. The summed E-state index contributed by atoms with van der Waals surface area (Å²) in [4.78, 5) is 21.1. The third kappa shape index (κ3) is 3.67. The van der Waals surface area contributed by atoms with Crippen molar-refractivity contribution in [2.24, 2.45) is 0 Å². The van der Waals surface area contributed by atoms with Gasteiger partial charge in [0.25, 0.3) is 5.91 Å². The van der Waals surface area contributed by atoms with Gasteiger partial charge in [0.1, 0.15) is 11.3 Å². The molecule has 0 atom stereocenters. The maximum Gasteiger partial charge on any atom is 0.272 e. The van der Waals surface area contributed by atoms with E-state index in [9.17, 15) is 13.6 Å². The summed E-state index contributed by atoms with van der Waals surface area (Å²) >= 11 is 8.98. The molecule has 1 aliphatic rings. The smallest absolute Gasteiger partial charge is 0.272 e. The number of aromatic nitrogens is 4. The summed E-state index contributed by atoms with van der Waals surface area (Å²) in [7, 11) is 0. The molecule has 1 aromatic carbocycles. The van der Waals surface area contributed by atoms with Gasteiger partial charge < -0.3 is 10.6 Å². The Bertz CT molecular complexity index is 1170. The first-order valence-corrected chi connectivity index (χ1v) is 10.6. The Labute approximate surface area is 184 Å². The van der Waals surface area contributed by atoms with Crippen LogP contribution in [0.2, 0.25) is 5.28 Å². The third-order valence-corrected chi connectivity index (χ3v) is 5.64. The van der Waals surface area contributed by atoms with E-state index < -0.39 is 17.5 Å². The van der Waals surface area contributed by atoms with Crippen molar-refractivity contribution in [2.45, 2.75) is 39.4 Å². The number of halogens is 4. The van der Waals surface area contributed by atoms with Crippen LogP contribution in [-0.2, 0) is 13.1 Å². The monoisotopic (exact) mass is 498 g/mol. The van der Waals surface area contributed by atoms with Gasteiger partial charge in [-0.15, -0.1) is 0 Å². The molecule has 0 saturated heterocycles. The number of benzene rings is 1. The van der Waals surface area contributed by atoms with E-state index in [1.807, 2.05) is 13.8 Å². The van der Waals surface area contributed by atoms with Crippen molar-refractivity contribution in [1.82, 2.24) is 30.4 Å². The van der Waals surface area contributed by atoms with Crippen molar-refractivity contribution < 1.29 is 13.6 Å². The van der Waals surface area contributed by atoms with Crippen LogP contribution in [-0.4, -0.2) is 38.2 Å². The number of carbonyl (C=O) groups excluding carboxylic acids is 1. The molecular formula is C19H18BrClF2N6O. The van der Waals surface area contributed by atoms with Gasteiger partial charge in [0.15, 0.2) is 11.5 Å². The Morgan fingerprint density at radius 2 is 2.13 bits per heavy atom. The number of nitrogens with zero attached hydrogens (tertiary/aromatic N) is 4. The highest BCUT2D eigenvalue weighted by atomic mass is 79.9. The molecule has 1 aliphatic heterocycles. The first kappa shape index (κ1) is 21.1. The normalized spacial score (nSPS) is 14.1. The molecule has 2 aromatic heterocycles. The number of hydrogen-bond donors (Lipinski definition) is 2. The van der Waals surface area contributed by atoms with Crippen LogP contribution in [0.15, 0.2) is 10.5 Å². The zero-order valence-corrected chi connectivity index (χ0v) is 18.5. The number of aryl methyl sites for hydroxylation is 1. The van der Waals surface area contributed by atoms with Crippen LogP contribution in [0.25, 0.3) is 22.2 Å². The van der Waals surface area contributed by atoms with Gasteiger partial charge in [-0.1, -0.05) is 0 Å². The number of hydrogen-bond acceptors (Lipinski definition) is 5. The lowest BCUT2D eigenvalue weighted by Gasteiger charge is -2.12. The van der Waals surface area contributed by atoms with Crippen LogP contribution in [0.4, 0.5) is 8.78 Å². The molecule has 0 radical (unpaired) electrons. The van der Waals surface area contributed by atoms with E-state index in [-0.39, 0.29) is 38.1 Å². The maximum atomic E-state index is 14.7. The molecule has 30 heavy (non-hydrogen) atoms. The average Bonchev–Trinajstić information content (AvgIpc) is 2.88. The van der Waals surface area contributed by atoms with Crippen LogP contribution >= 0.6 is 27.5 Å². The number of rotatable bonds is 3. The summed E-state index contributed by atoms with van der Waals surface area (Å²) in [5.41, 5.74) is 1.23. The third-order valence-electron chi connectivity index (χ3n) is 4.74. The molecule has 3 heterocycles. The van der Waals surface area contributed by atoms with Gasteiger partial charge in [-0.05, 0) is 60.4 Å². The molecule has 2 N–H and O–H groups in total. The van der Waals surface area contributed by atoms with Gasteiger partial charge >= 0.3 is 0 Å². The van der Waals surface area contributed by atoms with Crippen molar-refractivity contribution in [1.29, 1.82) is 0 Å². The van der Waals surface area contributed by atoms with E-state index in [2.05, 4.69) is 41.6 Å². The van der Waals surface area contributed by atoms with Crippen LogP contribution < -0.4 is 10.6 Å². The summed E-state index contributed by atoms with van der Waals surface area (Å²) < 4.78 is 30.5. The lowest BCUT2D eigenvalue weighted by molar-refractivity contribution is 0.0938. The highest BCUT2D eigenvalue weighted by Gasteiger charge is 2.29. The molecule has 0 bridgehead atoms. The molecule has 0 spiro atoms. The molecule has 0 saturated carbocycles. The molecule has 1 amide bonds. The zero-order chi connectivity index (χ0) is 21.6. The van der Waals surface area contributed by atoms with E-state index in [0.29, 0.717) is 24.3 Å². The minimum absolute atomic E-state index is 0.108. The second-order valence-electron chi connectivity index (χ2n) is 7.28. The fraction of sp³-hybridized carbons (Fsp3) is 0.368. The van der Waals surface area contributed by atoms with Crippen molar-refractivity contribution in [3.63, 3.8) is 0 Å². The number of carbonyl (C=O) groups is 1. The van der Waals surface area contributed by atoms with E-state index in [1.54, 1.807) is 4.68 Å². The van der Waals surface area contributed by atoms with Gasteiger partial charge in [-0.25, -0.2) is 18.7 Å². The Morgan fingerprint density at radius 3 is 2.87 bits per heavy atom. The van der Waals surface area contributed by atoms with Gasteiger partial charge in [-0.2, -0.15) is 5.10 Å². The molecule has 158 valence electrons. The first-order chi connectivity index (χ1) is 14.3. The standard InChI is InChI=1S/C19H18BrClF2N6O/c1-8(2)25-18(30)17-12(11-7-24-4-3-5-29(11)28-17)15-9-6-10(22)13(20)14(23)16(9)27-19(21)26-15/h6,8,24H,3-5,7H2,1-2H3,(H,25,30). The molecule has 7 nitrogen and oxygen atoms in total. The van der Waals surface area contributed by atoms with Gasteiger partial charge in [0.05, 0.1) is 21.4 Å². The minimum Gasteiger partial charge on any atom is -0.348 e. The Balaban J connectivity index is 2.06. The van der Waals surface area contributed by atoms with Gasteiger partial charge in [-0.3, -0.25) is 9.48 Å². The largest absolute Gasteiger partial charge is 0.348 e. The van der Waals surface area contributed by atoms with E-state index in [4.69, 9.17) is 11.6 Å². The quantitative estimate of drug-likeness (QED) is 0.423. The SMILES string of the molecule is CC(C)NC(=O)c1nn2c(c1-c1nc(Cl)nc3c(F)c(Br)c(F)cc13)CNCCC2. The highest BCUT2D eigenvalue weighted by molar-refractivity contribution is 9.10. The van der Waals surface area contributed by atoms with Gasteiger partial charge in [0, 0.05) is 24.5 Å². The van der Waals surface area contributed by atoms with Crippen LogP contribution in [0.1, 0.15) is 36.5 Å². The summed E-state index contributed by atoms with van der Waals surface area (Å²) in [6.45, 7) is 5.45.